The Labute approximate surface area is 122 Å². The van der Waals surface area contributed by atoms with Crippen LogP contribution >= 0.6 is 0 Å². The highest BCUT2D eigenvalue weighted by Gasteiger charge is 2.21. The third-order valence-electron chi connectivity index (χ3n) is 2.19. The van der Waals surface area contributed by atoms with Gasteiger partial charge < -0.3 is 19.9 Å². The number of carbonyl (C=O) groups is 2. The van der Waals surface area contributed by atoms with Gasteiger partial charge in [0.15, 0.2) is 0 Å². The summed E-state index contributed by atoms with van der Waals surface area (Å²) in [5.41, 5.74) is 0. The van der Waals surface area contributed by atoms with Crippen LogP contribution in [0.25, 0.3) is 0 Å². The molecule has 0 aromatic heterocycles. The Morgan fingerprint density at radius 3 is 2.29 bits per heavy atom. The van der Waals surface area contributed by atoms with Crippen LogP contribution in [0.3, 0.4) is 0 Å². The van der Waals surface area contributed by atoms with Gasteiger partial charge in [-0.15, -0.1) is 0 Å². The van der Waals surface area contributed by atoms with E-state index in [1.54, 1.807) is 0 Å². The topological polar surface area (TPSA) is 138 Å². The molecule has 0 spiro atoms. The summed E-state index contributed by atoms with van der Waals surface area (Å²) < 4.78 is 9.70. The van der Waals surface area contributed by atoms with Crippen molar-refractivity contribution in [2.45, 2.75) is 26.3 Å². The number of aliphatic carboxylic acids is 1. The Kier molecular flexibility index (Phi) is 10.4. The molecular formula is C11H22N2O8. The normalized spacial score (nSPS) is 12.5. The van der Waals surface area contributed by atoms with Crippen LogP contribution in [0.5, 0.6) is 0 Å². The van der Waals surface area contributed by atoms with E-state index in [4.69, 9.17) is 25.0 Å². The molecule has 0 saturated heterocycles. The van der Waals surface area contributed by atoms with Crippen LogP contribution < -0.4 is 5.32 Å². The van der Waals surface area contributed by atoms with Gasteiger partial charge in [-0.05, 0) is 12.3 Å². The molecule has 0 fully saturated rings. The maximum Gasteiger partial charge on any atom is 0.407 e. The monoisotopic (exact) mass is 310 g/mol. The molecule has 0 aliphatic heterocycles. The van der Waals surface area contributed by atoms with E-state index in [2.05, 4.69) is 10.2 Å². The molecule has 0 rings (SSSR count). The van der Waals surface area contributed by atoms with Gasteiger partial charge in [0.1, 0.15) is 12.6 Å². The molecule has 10 heteroatoms. The third kappa shape index (κ3) is 12.0. The van der Waals surface area contributed by atoms with Crippen molar-refractivity contribution in [1.29, 1.82) is 0 Å². The number of alkyl carbamates (subject to hydrolysis) is 1. The van der Waals surface area contributed by atoms with E-state index in [-0.39, 0.29) is 32.3 Å². The minimum absolute atomic E-state index is 0.0632. The summed E-state index contributed by atoms with van der Waals surface area (Å²) in [6.07, 6.45) is -0.531. The zero-order chi connectivity index (χ0) is 16.3. The summed E-state index contributed by atoms with van der Waals surface area (Å²) in [5.74, 6) is -1.00. The number of ether oxygens (including phenoxy) is 2. The van der Waals surface area contributed by atoms with Crippen molar-refractivity contribution >= 4 is 12.1 Å². The molecule has 1 amide bonds. The van der Waals surface area contributed by atoms with Gasteiger partial charge in [0.05, 0.1) is 25.2 Å². The molecule has 1 unspecified atom stereocenters. The van der Waals surface area contributed by atoms with Crippen LogP contribution in [0.4, 0.5) is 4.79 Å². The lowest BCUT2D eigenvalue weighted by molar-refractivity contribution is -0.493. The lowest BCUT2D eigenvalue weighted by Crippen LogP contribution is -2.42. The molecule has 124 valence electrons. The van der Waals surface area contributed by atoms with Gasteiger partial charge in [-0.25, -0.2) is 14.4 Å². The number of hydrogen-bond acceptors (Lipinski definition) is 8. The van der Waals surface area contributed by atoms with Gasteiger partial charge in [0.2, 0.25) is 0 Å². The SMILES string of the molecule is CC(C)CC(NC(=O)OCCOCCON(O)O)C(=O)O. The number of amides is 1. The zero-order valence-electron chi connectivity index (χ0n) is 12.0. The number of carboxylic acids is 1. The number of nitrogens with one attached hydrogen (secondary N) is 1. The Morgan fingerprint density at radius 2 is 1.76 bits per heavy atom. The molecule has 0 aliphatic carbocycles. The molecular weight excluding hydrogens is 288 g/mol. The van der Waals surface area contributed by atoms with Crippen molar-refractivity contribution in [3.8, 4) is 0 Å². The largest absolute Gasteiger partial charge is 0.480 e. The van der Waals surface area contributed by atoms with E-state index < -0.39 is 23.5 Å². The van der Waals surface area contributed by atoms with Crippen molar-refractivity contribution in [3.63, 3.8) is 0 Å². The number of rotatable bonds is 11. The van der Waals surface area contributed by atoms with Gasteiger partial charge in [0, 0.05) is 0 Å². The second-order valence-corrected chi connectivity index (χ2v) is 4.50. The average molecular weight is 310 g/mol. The van der Waals surface area contributed by atoms with E-state index in [0.29, 0.717) is 6.42 Å². The fourth-order valence-corrected chi connectivity index (χ4v) is 1.35. The van der Waals surface area contributed by atoms with Gasteiger partial charge in [-0.3, -0.25) is 10.4 Å². The number of hydrogen-bond donors (Lipinski definition) is 4. The number of carboxylic acid groups (broad SMARTS) is 1. The highest BCUT2D eigenvalue weighted by Crippen LogP contribution is 2.05. The predicted molar refractivity (Wildman–Crippen MR) is 67.5 cm³/mol. The Hall–Kier alpha value is -1.46. The van der Waals surface area contributed by atoms with Crippen molar-refractivity contribution in [2.75, 3.05) is 26.4 Å². The zero-order valence-corrected chi connectivity index (χ0v) is 12.0. The first kappa shape index (κ1) is 19.5. The van der Waals surface area contributed by atoms with E-state index in [1.807, 2.05) is 13.8 Å². The minimum atomic E-state index is -1.12. The first-order valence-electron chi connectivity index (χ1n) is 6.37. The molecule has 0 radical (unpaired) electrons. The fraction of sp³-hybridized carbons (Fsp3) is 0.818. The molecule has 0 saturated carbocycles. The maximum atomic E-state index is 11.4. The summed E-state index contributed by atoms with van der Waals surface area (Å²) >= 11 is 0. The van der Waals surface area contributed by atoms with E-state index in [9.17, 15) is 9.59 Å². The first-order chi connectivity index (χ1) is 9.82. The first-order valence-corrected chi connectivity index (χ1v) is 6.37. The van der Waals surface area contributed by atoms with Gasteiger partial charge >= 0.3 is 12.1 Å². The van der Waals surface area contributed by atoms with Crippen LogP contribution in [-0.4, -0.2) is 65.4 Å². The quantitative estimate of drug-likeness (QED) is 0.312. The molecule has 1 atom stereocenters. The van der Waals surface area contributed by atoms with E-state index in [0.717, 1.165) is 0 Å². The highest BCUT2D eigenvalue weighted by molar-refractivity contribution is 5.79. The highest BCUT2D eigenvalue weighted by atomic mass is 17.1. The molecule has 0 bridgehead atoms. The Bertz CT molecular complexity index is 311. The van der Waals surface area contributed by atoms with Crippen LogP contribution in [-0.2, 0) is 19.1 Å². The summed E-state index contributed by atoms with van der Waals surface area (Å²) in [7, 11) is 0. The summed E-state index contributed by atoms with van der Waals surface area (Å²) in [4.78, 5) is 26.5. The van der Waals surface area contributed by atoms with Gasteiger partial charge in [0.25, 0.3) is 0 Å². The second-order valence-electron chi connectivity index (χ2n) is 4.50. The average Bonchev–Trinajstić information content (AvgIpc) is 2.35. The molecule has 21 heavy (non-hydrogen) atoms. The van der Waals surface area contributed by atoms with Crippen molar-refractivity contribution < 1.29 is 39.4 Å². The van der Waals surface area contributed by atoms with Crippen LogP contribution in [0.2, 0.25) is 0 Å². The number of carbonyl (C=O) groups excluding carboxylic acids is 1. The molecule has 0 aromatic rings. The van der Waals surface area contributed by atoms with Gasteiger partial charge in [-0.2, -0.15) is 0 Å². The molecule has 0 aromatic carbocycles. The molecule has 0 aliphatic rings. The minimum Gasteiger partial charge on any atom is -0.480 e. The van der Waals surface area contributed by atoms with E-state index >= 15 is 0 Å². The molecule has 4 N–H and O–H groups in total. The predicted octanol–water partition coefficient (Wildman–Crippen LogP) is 0.241. The number of nitrogens with zero attached hydrogens (tertiary/aromatic N) is 1. The van der Waals surface area contributed by atoms with Crippen molar-refractivity contribution in [3.05, 3.63) is 0 Å². The van der Waals surface area contributed by atoms with Gasteiger partial charge in [-0.1, -0.05) is 13.8 Å². The fourth-order valence-electron chi connectivity index (χ4n) is 1.35. The lowest BCUT2D eigenvalue weighted by atomic mass is 10.0. The Morgan fingerprint density at radius 1 is 1.14 bits per heavy atom. The Balaban J connectivity index is 3.71. The molecule has 0 heterocycles. The smallest absolute Gasteiger partial charge is 0.407 e. The second kappa shape index (κ2) is 11.2. The van der Waals surface area contributed by atoms with Crippen LogP contribution in [0.15, 0.2) is 0 Å². The standard InChI is InChI=1S/C11H22N2O8/c1-8(2)7-9(10(14)15)12-11(16)20-5-3-19-4-6-21-13(17)18/h8-9,17-18H,3-7H2,1-2H3,(H,12,16)(H,14,15). The summed E-state index contributed by atoms with van der Waals surface area (Å²) in [5, 5.41) is 27.2. The van der Waals surface area contributed by atoms with Crippen molar-refractivity contribution in [2.24, 2.45) is 5.92 Å². The third-order valence-corrected chi connectivity index (χ3v) is 2.19. The maximum absolute atomic E-state index is 11.4. The van der Waals surface area contributed by atoms with E-state index in [1.165, 1.54) is 0 Å². The van der Waals surface area contributed by atoms with Crippen molar-refractivity contribution in [1.82, 2.24) is 10.7 Å². The summed E-state index contributed by atoms with van der Waals surface area (Å²) in [6.45, 7) is 3.66. The van der Waals surface area contributed by atoms with Crippen LogP contribution in [0.1, 0.15) is 20.3 Å². The summed E-state index contributed by atoms with van der Waals surface area (Å²) in [6, 6.07) is -0.994. The van der Waals surface area contributed by atoms with Crippen LogP contribution in [0, 0.1) is 5.92 Å². The lowest BCUT2D eigenvalue weighted by Gasteiger charge is -2.16. The molecule has 10 nitrogen and oxygen atoms in total.